The van der Waals surface area contributed by atoms with Crippen LogP contribution in [0.4, 0.5) is 0 Å². The predicted octanol–water partition coefficient (Wildman–Crippen LogP) is -1.77. The van der Waals surface area contributed by atoms with Crippen LogP contribution in [0.25, 0.3) is 0 Å². The lowest BCUT2D eigenvalue weighted by molar-refractivity contribution is -0.306. The number of aliphatic hydroxyl groups is 5. The standard InChI is InChI=1S/C15H22O8/c16-5-7-3-9(18)8-1-2-21-15(13(7)8)23-12-4-10(19)14(20)11(6-17)22-12/h1-3,8-20H,4-6H2/t8-,9-,10-,11-,12+,13+,14-,15+/m0/s1. The number of fused-ring (bicyclic) bond motifs is 1. The molecule has 0 amide bonds. The van der Waals surface area contributed by atoms with Crippen molar-refractivity contribution in [3.05, 3.63) is 24.0 Å². The summed E-state index contributed by atoms with van der Waals surface area (Å²) < 4.78 is 16.6. The van der Waals surface area contributed by atoms with Crippen molar-refractivity contribution in [2.45, 2.75) is 43.4 Å². The number of rotatable bonds is 4. The lowest BCUT2D eigenvalue weighted by Gasteiger charge is -2.40. The molecule has 8 atom stereocenters. The Morgan fingerprint density at radius 2 is 2.00 bits per heavy atom. The molecule has 3 aliphatic rings. The molecule has 1 fully saturated rings. The zero-order chi connectivity index (χ0) is 16.6. The van der Waals surface area contributed by atoms with Crippen LogP contribution in [-0.4, -0.2) is 75.7 Å². The van der Waals surface area contributed by atoms with Crippen molar-refractivity contribution in [1.82, 2.24) is 0 Å². The minimum absolute atomic E-state index is 0.0271. The Kier molecular flexibility index (Phi) is 5.02. The van der Waals surface area contributed by atoms with Gasteiger partial charge in [0.25, 0.3) is 0 Å². The van der Waals surface area contributed by atoms with E-state index in [2.05, 4.69) is 0 Å². The van der Waals surface area contributed by atoms with E-state index in [1.807, 2.05) is 0 Å². The molecule has 2 aliphatic heterocycles. The van der Waals surface area contributed by atoms with Gasteiger partial charge in [-0.05, 0) is 11.6 Å². The molecule has 0 aromatic rings. The molecule has 0 aromatic carbocycles. The highest BCUT2D eigenvalue weighted by Gasteiger charge is 2.45. The summed E-state index contributed by atoms with van der Waals surface area (Å²) in [7, 11) is 0. The van der Waals surface area contributed by atoms with Gasteiger partial charge < -0.3 is 39.7 Å². The molecule has 0 unspecified atom stereocenters. The average Bonchev–Trinajstić information content (AvgIpc) is 2.88. The molecule has 1 aliphatic carbocycles. The third kappa shape index (κ3) is 3.16. The van der Waals surface area contributed by atoms with Crippen LogP contribution >= 0.6 is 0 Å². The Bertz CT molecular complexity index is 478. The van der Waals surface area contributed by atoms with Gasteiger partial charge in [0.15, 0.2) is 6.29 Å². The van der Waals surface area contributed by atoms with E-state index in [4.69, 9.17) is 14.2 Å². The summed E-state index contributed by atoms with van der Waals surface area (Å²) >= 11 is 0. The molecule has 0 aromatic heterocycles. The molecule has 1 saturated heterocycles. The zero-order valence-electron chi connectivity index (χ0n) is 12.4. The molecule has 130 valence electrons. The summed E-state index contributed by atoms with van der Waals surface area (Å²) in [5.74, 6) is -0.621. The van der Waals surface area contributed by atoms with Crippen molar-refractivity contribution in [1.29, 1.82) is 0 Å². The van der Waals surface area contributed by atoms with Crippen molar-refractivity contribution in [2.24, 2.45) is 11.8 Å². The van der Waals surface area contributed by atoms with Crippen LogP contribution < -0.4 is 0 Å². The van der Waals surface area contributed by atoms with E-state index >= 15 is 0 Å². The molecule has 8 heteroatoms. The van der Waals surface area contributed by atoms with Gasteiger partial charge in [-0.1, -0.05) is 6.08 Å². The molecule has 0 radical (unpaired) electrons. The maximum Gasteiger partial charge on any atom is 0.208 e. The van der Waals surface area contributed by atoms with E-state index in [0.29, 0.717) is 5.57 Å². The first-order valence-electron chi connectivity index (χ1n) is 7.64. The normalized spacial score (nSPS) is 46.2. The smallest absolute Gasteiger partial charge is 0.208 e. The molecule has 23 heavy (non-hydrogen) atoms. The van der Waals surface area contributed by atoms with E-state index in [0.717, 1.165) is 0 Å². The van der Waals surface area contributed by atoms with E-state index in [1.54, 1.807) is 12.2 Å². The number of hydrogen-bond acceptors (Lipinski definition) is 8. The Hall–Kier alpha value is -1.00. The molecule has 2 heterocycles. The van der Waals surface area contributed by atoms with Gasteiger partial charge >= 0.3 is 0 Å². The van der Waals surface area contributed by atoms with Crippen LogP contribution in [0.15, 0.2) is 24.0 Å². The summed E-state index contributed by atoms with van der Waals surface area (Å²) in [5.41, 5.74) is 0.618. The van der Waals surface area contributed by atoms with Crippen LogP contribution in [-0.2, 0) is 14.2 Å². The Morgan fingerprint density at radius 3 is 2.70 bits per heavy atom. The van der Waals surface area contributed by atoms with Crippen molar-refractivity contribution in [3.63, 3.8) is 0 Å². The van der Waals surface area contributed by atoms with E-state index in [-0.39, 0.29) is 24.9 Å². The SMILES string of the molecule is OCC1=C[C@H](O)[C@@H]2C=CO[C@H](O[C@@H]3C[C@H](O)[C@H](O)[C@H](CO)O3)[C@H]12. The highest BCUT2D eigenvalue weighted by Crippen LogP contribution is 2.40. The second-order valence-corrected chi connectivity index (χ2v) is 6.04. The molecule has 0 spiro atoms. The number of aliphatic hydroxyl groups excluding tert-OH is 5. The van der Waals surface area contributed by atoms with E-state index in [9.17, 15) is 25.5 Å². The van der Waals surface area contributed by atoms with Gasteiger partial charge in [-0.2, -0.15) is 0 Å². The summed E-state index contributed by atoms with van der Waals surface area (Å²) in [6, 6.07) is 0. The Labute approximate surface area is 133 Å². The first kappa shape index (κ1) is 16.8. The second kappa shape index (κ2) is 6.86. The third-order valence-corrected chi connectivity index (χ3v) is 4.61. The number of hydrogen-bond donors (Lipinski definition) is 5. The van der Waals surface area contributed by atoms with Crippen LogP contribution in [0.2, 0.25) is 0 Å². The fraction of sp³-hybridized carbons (Fsp3) is 0.733. The van der Waals surface area contributed by atoms with Gasteiger partial charge in [0.05, 0.1) is 37.6 Å². The quantitative estimate of drug-likeness (QED) is 0.383. The first-order valence-corrected chi connectivity index (χ1v) is 7.64. The van der Waals surface area contributed by atoms with E-state index in [1.165, 1.54) is 6.26 Å². The predicted molar refractivity (Wildman–Crippen MR) is 75.6 cm³/mol. The molecule has 0 saturated carbocycles. The zero-order valence-corrected chi connectivity index (χ0v) is 12.4. The maximum atomic E-state index is 10.0. The molecular weight excluding hydrogens is 308 g/mol. The topological polar surface area (TPSA) is 129 Å². The van der Waals surface area contributed by atoms with Crippen LogP contribution in [0.3, 0.4) is 0 Å². The fourth-order valence-corrected chi connectivity index (χ4v) is 3.37. The monoisotopic (exact) mass is 330 g/mol. The molecule has 8 nitrogen and oxygen atoms in total. The Morgan fingerprint density at radius 1 is 1.22 bits per heavy atom. The Balaban J connectivity index is 1.70. The van der Waals surface area contributed by atoms with Crippen LogP contribution in [0.1, 0.15) is 6.42 Å². The molecular formula is C15H22O8. The van der Waals surface area contributed by atoms with Crippen molar-refractivity contribution in [3.8, 4) is 0 Å². The summed E-state index contributed by atoms with van der Waals surface area (Å²) in [6.45, 7) is -0.669. The maximum absolute atomic E-state index is 10.0. The number of ether oxygens (including phenoxy) is 3. The minimum Gasteiger partial charge on any atom is -0.472 e. The lowest BCUT2D eigenvalue weighted by atomic mass is 9.88. The van der Waals surface area contributed by atoms with Crippen molar-refractivity contribution < 1.29 is 39.7 Å². The molecule has 0 bridgehead atoms. The fourth-order valence-electron chi connectivity index (χ4n) is 3.37. The van der Waals surface area contributed by atoms with Crippen LogP contribution in [0, 0.1) is 11.8 Å². The van der Waals surface area contributed by atoms with Gasteiger partial charge in [-0.25, -0.2) is 0 Å². The highest BCUT2D eigenvalue weighted by atomic mass is 16.8. The summed E-state index contributed by atoms with van der Waals surface area (Å²) in [5, 5.41) is 48.2. The van der Waals surface area contributed by atoms with Gasteiger partial charge in [0.2, 0.25) is 6.29 Å². The van der Waals surface area contributed by atoms with E-state index < -0.39 is 43.6 Å². The minimum atomic E-state index is -1.18. The van der Waals surface area contributed by atoms with Gasteiger partial charge in [0.1, 0.15) is 12.2 Å². The highest BCUT2D eigenvalue weighted by molar-refractivity contribution is 5.25. The summed E-state index contributed by atoms with van der Waals surface area (Å²) in [4.78, 5) is 0. The van der Waals surface area contributed by atoms with Gasteiger partial charge in [-0.3, -0.25) is 0 Å². The van der Waals surface area contributed by atoms with Crippen molar-refractivity contribution in [2.75, 3.05) is 13.2 Å². The van der Waals surface area contributed by atoms with Gasteiger partial charge in [-0.15, -0.1) is 0 Å². The average molecular weight is 330 g/mol. The third-order valence-electron chi connectivity index (χ3n) is 4.61. The summed E-state index contributed by atoms with van der Waals surface area (Å²) in [6.07, 6.45) is -0.844. The molecule has 5 N–H and O–H groups in total. The second-order valence-electron chi connectivity index (χ2n) is 6.04. The van der Waals surface area contributed by atoms with Gasteiger partial charge in [0, 0.05) is 12.3 Å². The first-order chi connectivity index (χ1) is 11.0. The van der Waals surface area contributed by atoms with Crippen molar-refractivity contribution >= 4 is 0 Å². The largest absolute Gasteiger partial charge is 0.472 e. The lowest BCUT2D eigenvalue weighted by Crippen LogP contribution is -2.52. The molecule has 3 rings (SSSR count). The van der Waals surface area contributed by atoms with Crippen LogP contribution in [0.5, 0.6) is 0 Å².